The first-order chi connectivity index (χ1) is 13.4. The Balaban J connectivity index is 1.63. The van der Waals surface area contributed by atoms with Gasteiger partial charge in [0.25, 0.3) is 5.56 Å². The Bertz CT molecular complexity index is 1020. The molecule has 0 N–H and O–H groups in total. The Labute approximate surface area is 155 Å². The molecule has 1 aliphatic heterocycles. The van der Waals surface area contributed by atoms with E-state index in [1.54, 1.807) is 12.1 Å². The van der Waals surface area contributed by atoms with Crippen LogP contribution >= 0.6 is 0 Å². The maximum absolute atomic E-state index is 12.6. The third-order valence-electron chi connectivity index (χ3n) is 4.15. The molecule has 3 heterocycles. The molecule has 146 valence electrons. The summed E-state index contributed by atoms with van der Waals surface area (Å²) in [4.78, 5) is 15.3. The summed E-state index contributed by atoms with van der Waals surface area (Å²) in [6, 6.07) is 9.16. The highest BCUT2D eigenvalue weighted by Crippen LogP contribution is 2.34. The molecule has 4 rings (SSSR count). The van der Waals surface area contributed by atoms with Gasteiger partial charge in [0.05, 0.1) is 13.2 Å². The average Bonchev–Trinajstić information content (AvgIpc) is 3.34. The molecule has 0 spiro atoms. The van der Waals surface area contributed by atoms with Gasteiger partial charge in [-0.05, 0) is 6.07 Å². The van der Waals surface area contributed by atoms with E-state index < -0.39 is 17.9 Å². The summed E-state index contributed by atoms with van der Waals surface area (Å²) in [5.41, 5.74) is 0.584. The van der Waals surface area contributed by atoms with Gasteiger partial charge in [0.15, 0.2) is 0 Å². The molecule has 1 aromatic carbocycles. The first-order valence-electron chi connectivity index (χ1n) is 8.19. The molecular weight excluding hydrogens is 381 g/mol. The van der Waals surface area contributed by atoms with Crippen LogP contribution in [-0.4, -0.2) is 33.1 Å². The van der Waals surface area contributed by atoms with Crippen LogP contribution in [0.25, 0.3) is 11.4 Å². The van der Waals surface area contributed by atoms with Gasteiger partial charge in [0, 0.05) is 23.4 Å². The number of halogens is 3. The second-order valence-electron chi connectivity index (χ2n) is 5.97. The molecule has 0 aliphatic carbocycles. The van der Waals surface area contributed by atoms with Crippen molar-refractivity contribution in [1.82, 2.24) is 19.9 Å². The average molecular weight is 394 g/mol. The molecule has 2 aromatic heterocycles. The molecule has 0 amide bonds. The van der Waals surface area contributed by atoms with Crippen molar-refractivity contribution in [3.8, 4) is 11.4 Å². The van der Waals surface area contributed by atoms with Gasteiger partial charge < -0.3 is 14.0 Å². The molecule has 1 fully saturated rings. The lowest BCUT2D eigenvalue weighted by molar-refractivity contribution is -0.178. The van der Waals surface area contributed by atoms with Crippen LogP contribution in [0.4, 0.5) is 13.2 Å². The maximum atomic E-state index is 12.6. The number of benzene rings is 1. The van der Waals surface area contributed by atoms with Crippen molar-refractivity contribution in [2.45, 2.75) is 18.5 Å². The fourth-order valence-electron chi connectivity index (χ4n) is 2.84. The number of hydrogen-bond donors (Lipinski definition) is 0. The third-order valence-corrected chi connectivity index (χ3v) is 4.15. The summed E-state index contributed by atoms with van der Waals surface area (Å²) in [7, 11) is 0. The fraction of sp³-hybridized carbons (Fsp3) is 0.294. The second kappa shape index (κ2) is 6.84. The lowest BCUT2D eigenvalue weighted by atomic mass is 10.0. The first-order valence-corrected chi connectivity index (χ1v) is 8.19. The van der Waals surface area contributed by atoms with Gasteiger partial charge in [-0.3, -0.25) is 4.79 Å². The number of rotatable bonds is 4. The van der Waals surface area contributed by atoms with E-state index in [1.807, 2.05) is 0 Å². The Hall–Kier alpha value is -3.05. The Kier molecular flexibility index (Phi) is 4.47. The molecule has 1 aliphatic rings. The van der Waals surface area contributed by atoms with E-state index in [-0.39, 0.29) is 17.9 Å². The highest BCUT2D eigenvalue weighted by molar-refractivity contribution is 5.55. The topological polar surface area (TPSA) is 92.3 Å². The molecule has 0 unspecified atom stereocenters. The predicted molar refractivity (Wildman–Crippen MR) is 86.8 cm³/mol. The van der Waals surface area contributed by atoms with Gasteiger partial charge >= 0.3 is 12.1 Å². The summed E-state index contributed by atoms with van der Waals surface area (Å²) in [5, 5.41) is 7.36. The SMILES string of the molecule is O=c1cccnn1CC1(c2ccc(-c3noc(C(F)(F)F)n3)cc2)OCCO1. The second-order valence-corrected chi connectivity index (χ2v) is 5.97. The quantitative estimate of drug-likeness (QED) is 0.670. The molecule has 0 bridgehead atoms. The van der Waals surface area contributed by atoms with Gasteiger partial charge in [-0.25, -0.2) is 4.68 Å². The Morgan fingerprint density at radius 3 is 2.43 bits per heavy atom. The zero-order valence-corrected chi connectivity index (χ0v) is 14.2. The van der Waals surface area contributed by atoms with Crippen LogP contribution in [0.2, 0.25) is 0 Å². The van der Waals surface area contributed by atoms with Gasteiger partial charge in [-0.15, -0.1) is 0 Å². The van der Waals surface area contributed by atoms with E-state index in [2.05, 4.69) is 19.8 Å². The Morgan fingerprint density at radius 1 is 1.11 bits per heavy atom. The monoisotopic (exact) mass is 394 g/mol. The third kappa shape index (κ3) is 3.41. The number of alkyl halides is 3. The largest absolute Gasteiger partial charge is 0.471 e. The van der Waals surface area contributed by atoms with Crippen LogP contribution in [-0.2, 0) is 28.0 Å². The molecule has 1 saturated heterocycles. The lowest BCUT2D eigenvalue weighted by Crippen LogP contribution is -2.37. The van der Waals surface area contributed by atoms with Crippen LogP contribution < -0.4 is 5.56 Å². The van der Waals surface area contributed by atoms with Crippen molar-refractivity contribution in [1.29, 1.82) is 0 Å². The number of hydrogen-bond acceptors (Lipinski definition) is 7. The van der Waals surface area contributed by atoms with Crippen molar-refractivity contribution in [2.75, 3.05) is 13.2 Å². The molecule has 0 atom stereocenters. The van der Waals surface area contributed by atoms with Crippen molar-refractivity contribution >= 4 is 0 Å². The molecule has 0 radical (unpaired) electrons. The normalized spacial score (nSPS) is 16.4. The smallest absolute Gasteiger partial charge is 0.342 e. The molecule has 11 heteroatoms. The first kappa shape index (κ1) is 18.3. The van der Waals surface area contributed by atoms with E-state index >= 15 is 0 Å². The summed E-state index contributed by atoms with van der Waals surface area (Å²) in [5.74, 6) is -2.84. The van der Waals surface area contributed by atoms with Crippen molar-refractivity contribution in [2.24, 2.45) is 0 Å². The van der Waals surface area contributed by atoms with Crippen LogP contribution in [0.15, 0.2) is 51.9 Å². The highest BCUT2D eigenvalue weighted by atomic mass is 19.4. The summed E-state index contributed by atoms with van der Waals surface area (Å²) >= 11 is 0. The van der Waals surface area contributed by atoms with E-state index in [0.29, 0.717) is 24.3 Å². The van der Waals surface area contributed by atoms with Crippen LogP contribution in [0, 0.1) is 0 Å². The fourth-order valence-corrected chi connectivity index (χ4v) is 2.84. The molecule has 8 nitrogen and oxygen atoms in total. The van der Waals surface area contributed by atoms with E-state index in [0.717, 1.165) is 0 Å². The van der Waals surface area contributed by atoms with E-state index in [1.165, 1.54) is 35.1 Å². The lowest BCUT2D eigenvalue weighted by Gasteiger charge is -2.28. The molecular formula is C17H13F3N4O4. The Morgan fingerprint density at radius 2 is 1.82 bits per heavy atom. The molecule has 0 saturated carbocycles. The summed E-state index contributed by atoms with van der Waals surface area (Å²) in [6.45, 7) is 0.665. The number of nitrogens with zero attached hydrogens (tertiary/aromatic N) is 4. The van der Waals surface area contributed by atoms with Crippen LogP contribution in [0.5, 0.6) is 0 Å². The van der Waals surface area contributed by atoms with Crippen molar-refractivity contribution < 1.29 is 27.2 Å². The van der Waals surface area contributed by atoms with Gasteiger partial charge in [0.2, 0.25) is 11.6 Å². The van der Waals surface area contributed by atoms with E-state index in [9.17, 15) is 18.0 Å². The summed E-state index contributed by atoms with van der Waals surface area (Å²) < 4.78 is 54.8. The minimum Gasteiger partial charge on any atom is -0.342 e. The zero-order chi connectivity index (χ0) is 19.8. The standard InChI is InChI=1S/C17H13F3N4O4/c18-17(19,20)15-22-14(23-28-15)11-3-5-12(6-4-11)16(26-8-9-27-16)10-24-13(25)2-1-7-21-24/h1-7H,8-10H2. The molecule has 3 aromatic rings. The number of ether oxygens (including phenoxy) is 2. The van der Waals surface area contributed by atoms with E-state index in [4.69, 9.17) is 9.47 Å². The number of aromatic nitrogens is 4. The van der Waals surface area contributed by atoms with Crippen LogP contribution in [0.1, 0.15) is 11.5 Å². The zero-order valence-electron chi connectivity index (χ0n) is 14.2. The van der Waals surface area contributed by atoms with Crippen LogP contribution in [0.3, 0.4) is 0 Å². The molecule has 28 heavy (non-hydrogen) atoms. The van der Waals surface area contributed by atoms with Crippen molar-refractivity contribution in [3.63, 3.8) is 0 Å². The van der Waals surface area contributed by atoms with Crippen molar-refractivity contribution in [3.05, 3.63) is 64.4 Å². The highest BCUT2D eigenvalue weighted by Gasteiger charge is 2.40. The van der Waals surface area contributed by atoms with Gasteiger partial charge in [0.1, 0.15) is 6.54 Å². The minimum absolute atomic E-state index is 0.0203. The van der Waals surface area contributed by atoms with Gasteiger partial charge in [-0.1, -0.05) is 29.4 Å². The predicted octanol–water partition coefficient (Wildman–Crippen LogP) is 2.21. The summed E-state index contributed by atoms with van der Waals surface area (Å²) in [6.07, 6.45) is -3.24. The maximum Gasteiger partial charge on any atom is 0.471 e. The minimum atomic E-state index is -4.71. The van der Waals surface area contributed by atoms with Gasteiger partial charge in [-0.2, -0.15) is 23.3 Å².